The Morgan fingerprint density at radius 2 is 2.35 bits per heavy atom. The van der Waals surface area contributed by atoms with Gasteiger partial charge >= 0.3 is 17.8 Å². The summed E-state index contributed by atoms with van der Waals surface area (Å²) in [7, 11) is 0. The van der Waals surface area contributed by atoms with E-state index in [1.807, 2.05) is 0 Å². The van der Waals surface area contributed by atoms with E-state index in [0.717, 1.165) is 0 Å². The van der Waals surface area contributed by atoms with Crippen molar-refractivity contribution in [1.29, 1.82) is 0 Å². The molecule has 2 heterocycles. The second-order valence-corrected chi connectivity index (χ2v) is 2.44. The first kappa shape index (κ1) is 10.2. The first-order chi connectivity index (χ1) is 8.13. The molecule has 0 amide bonds. The average Bonchev–Trinajstić information content (AvgIpc) is 2.84. The Morgan fingerprint density at radius 1 is 1.59 bits per heavy atom. The second-order valence-electron chi connectivity index (χ2n) is 2.44. The molecule has 14 nitrogen and oxygen atoms in total. The molecule has 0 aliphatic rings. The first-order valence-corrected chi connectivity index (χ1v) is 3.78. The van der Waals surface area contributed by atoms with Crippen molar-refractivity contribution in [3.05, 3.63) is 20.6 Å². The van der Waals surface area contributed by atoms with Crippen LogP contribution in [0.3, 0.4) is 0 Å². The van der Waals surface area contributed by atoms with Gasteiger partial charge < -0.3 is 15.3 Å². The predicted octanol–water partition coefficient (Wildman–Crippen LogP) is -0.659. The first-order valence-electron chi connectivity index (χ1n) is 3.78. The zero-order chi connectivity index (χ0) is 12.4. The third kappa shape index (κ3) is 1.65. The largest absolute Gasteiger partial charge is 0.464 e. The van der Waals surface area contributed by atoms with Crippen molar-refractivity contribution < 1.29 is 10.1 Å². The van der Waals surface area contributed by atoms with Crippen LogP contribution in [-0.4, -0.2) is 45.3 Å². The highest BCUT2D eigenvalue weighted by Crippen LogP contribution is 2.16. The van der Waals surface area contributed by atoms with Crippen molar-refractivity contribution in [2.24, 2.45) is 5.11 Å². The minimum absolute atomic E-state index is 0.154. The fraction of sp³-hybridized carbons (Fsp3) is 0. The molecule has 2 aromatic heterocycles. The molecule has 0 spiro atoms. The Kier molecular flexibility index (Phi) is 2.23. The molecule has 0 unspecified atom stereocenters. The quantitative estimate of drug-likeness (QED) is 0.182. The summed E-state index contributed by atoms with van der Waals surface area (Å²) < 4.78 is 0.518. The molecule has 0 bridgehead atoms. The van der Waals surface area contributed by atoms with Crippen LogP contribution in [0.5, 0.6) is 0 Å². The minimum Gasteiger partial charge on any atom is -0.406 e. The molecule has 14 heteroatoms. The predicted molar refractivity (Wildman–Crippen MR) is 45.4 cm³/mol. The monoisotopic (exact) mass is 239 g/mol. The smallest absolute Gasteiger partial charge is 0.406 e. The van der Waals surface area contributed by atoms with Crippen molar-refractivity contribution in [2.75, 3.05) is 0 Å². The van der Waals surface area contributed by atoms with Crippen molar-refractivity contribution in [3.63, 3.8) is 0 Å². The lowest BCUT2D eigenvalue weighted by Crippen LogP contribution is -2.09. The van der Waals surface area contributed by atoms with E-state index in [1.54, 1.807) is 0 Å². The summed E-state index contributed by atoms with van der Waals surface area (Å²) in [5.74, 6) is -1.77. The van der Waals surface area contributed by atoms with Gasteiger partial charge in [0.1, 0.15) is 0 Å². The van der Waals surface area contributed by atoms with Gasteiger partial charge in [0.15, 0.2) is 0 Å². The van der Waals surface area contributed by atoms with Crippen molar-refractivity contribution >= 4 is 11.9 Å². The molecule has 2 rings (SSSR count). The van der Waals surface area contributed by atoms with Crippen molar-refractivity contribution in [2.45, 2.75) is 0 Å². The number of nitro groups is 1. The number of hydrogen-bond acceptors (Lipinski definition) is 9. The fourth-order valence-electron chi connectivity index (χ4n) is 0.933. The van der Waals surface area contributed by atoms with Gasteiger partial charge in [-0.1, -0.05) is 14.9 Å². The van der Waals surface area contributed by atoms with Gasteiger partial charge in [0.25, 0.3) is 0 Å². The Morgan fingerprint density at radius 3 is 2.88 bits per heavy atom. The second kappa shape index (κ2) is 3.70. The van der Waals surface area contributed by atoms with Crippen LogP contribution in [0, 0.1) is 10.1 Å². The molecule has 0 saturated heterocycles. The molecule has 0 fully saturated rings. The highest BCUT2D eigenvalue weighted by molar-refractivity contribution is 5.26. The van der Waals surface area contributed by atoms with Crippen LogP contribution in [0.15, 0.2) is 5.11 Å². The molecule has 0 radical (unpaired) electrons. The number of nitrogens with zero attached hydrogens (tertiary/aromatic N) is 11. The molecule has 0 aliphatic heterocycles. The summed E-state index contributed by atoms with van der Waals surface area (Å²) in [4.78, 5) is 15.6. The summed E-state index contributed by atoms with van der Waals surface area (Å²) in [6, 6.07) is 0. The Balaban J connectivity index is 2.63. The maximum Gasteiger partial charge on any atom is 0.464 e. The molecule has 0 aromatic carbocycles. The Labute approximate surface area is 89.8 Å². The van der Waals surface area contributed by atoms with Gasteiger partial charge in [0, 0.05) is 10.0 Å². The third-order valence-electron chi connectivity index (χ3n) is 1.50. The van der Waals surface area contributed by atoms with Crippen molar-refractivity contribution in [3.8, 4) is 5.95 Å². The summed E-state index contributed by atoms with van der Waals surface area (Å²) in [6.45, 7) is 0. The summed E-state index contributed by atoms with van der Waals surface area (Å²) in [6.07, 6.45) is 0. The third-order valence-corrected chi connectivity index (χ3v) is 1.50. The summed E-state index contributed by atoms with van der Waals surface area (Å²) >= 11 is 0. The Hall–Kier alpha value is -3.28. The van der Waals surface area contributed by atoms with E-state index >= 15 is 0 Å². The van der Waals surface area contributed by atoms with Gasteiger partial charge in [-0.2, -0.15) is 0 Å². The lowest BCUT2D eigenvalue weighted by molar-refractivity contribution is -0.396. The van der Waals surface area contributed by atoms with Crippen molar-refractivity contribution in [1.82, 2.24) is 35.1 Å². The van der Waals surface area contributed by atoms with E-state index in [0.29, 0.717) is 4.68 Å². The number of aromatic nitrogens is 7. The molecule has 0 aliphatic carbocycles. The van der Waals surface area contributed by atoms with Crippen LogP contribution in [0.2, 0.25) is 0 Å². The van der Waals surface area contributed by atoms with Gasteiger partial charge in [-0.15, -0.1) is 0 Å². The van der Waals surface area contributed by atoms with Gasteiger partial charge in [-0.05, 0) is 30.7 Å². The number of azide groups is 1. The molecule has 2 aromatic rings. The van der Waals surface area contributed by atoms with Gasteiger partial charge in [0.2, 0.25) is 0 Å². The molecular formula is C3HN11O3. The zero-order valence-corrected chi connectivity index (χ0v) is 7.68. The molecule has 1 N–H and O–H groups in total. The van der Waals surface area contributed by atoms with Crippen LogP contribution < -0.4 is 0 Å². The van der Waals surface area contributed by atoms with E-state index in [9.17, 15) is 10.1 Å². The SMILES string of the molecule is [N-]=[N+]=Nc1nc([N+](=O)[O-])n(-c2nnnn2O)n1. The normalized spacial score (nSPS) is 9.88. The highest BCUT2D eigenvalue weighted by Gasteiger charge is 2.27. The molecule has 0 atom stereocenters. The number of hydrogen-bond donors (Lipinski definition) is 1. The lowest BCUT2D eigenvalue weighted by Gasteiger charge is -1.93. The van der Waals surface area contributed by atoms with E-state index in [2.05, 4.69) is 35.6 Å². The Bertz CT molecular complexity index is 618. The van der Waals surface area contributed by atoms with E-state index in [4.69, 9.17) is 10.7 Å². The average molecular weight is 239 g/mol. The van der Waals surface area contributed by atoms with Gasteiger partial charge in [-0.3, -0.25) is 0 Å². The standard InChI is InChI=1S/C3HN11O3/c4-9-6-1-5-2(14(16)17)12(8-1)3-7-10-11-13(3)15/h15H. The molecular weight excluding hydrogens is 238 g/mol. The van der Waals surface area contributed by atoms with E-state index in [-0.39, 0.29) is 4.85 Å². The van der Waals surface area contributed by atoms with E-state index in [1.165, 1.54) is 0 Å². The van der Waals surface area contributed by atoms with E-state index < -0.39 is 22.8 Å². The lowest BCUT2D eigenvalue weighted by atomic mass is 10.9. The minimum atomic E-state index is -0.905. The topological polar surface area (TPSA) is 186 Å². The summed E-state index contributed by atoms with van der Waals surface area (Å²) in [5.41, 5.74) is 8.15. The van der Waals surface area contributed by atoms with Crippen LogP contribution in [0.25, 0.3) is 16.4 Å². The summed E-state index contributed by atoms with van der Waals surface area (Å²) in [5, 5.41) is 35.6. The maximum atomic E-state index is 10.6. The molecule has 0 saturated carbocycles. The highest BCUT2D eigenvalue weighted by atomic mass is 16.6. The van der Waals surface area contributed by atoms with Crippen LogP contribution in [0.1, 0.15) is 0 Å². The van der Waals surface area contributed by atoms with Crippen LogP contribution in [-0.2, 0) is 0 Å². The zero-order valence-electron chi connectivity index (χ0n) is 7.68. The van der Waals surface area contributed by atoms with Gasteiger partial charge in [0.05, 0.1) is 0 Å². The fourth-order valence-corrected chi connectivity index (χ4v) is 0.933. The van der Waals surface area contributed by atoms with Crippen LogP contribution in [0.4, 0.5) is 11.9 Å². The number of tetrazole rings is 1. The number of rotatable bonds is 3. The molecule has 86 valence electrons. The molecule has 17 heavy (non-hydrogen) atoms. The van der Waals surface area contributed by atoms with Crippen LogP contribution >= 0.6 is 0 Å². The maximum absolute atomic E-state index is 10.6. The van der Waals surface area contributed by atoms with Gasteiger partial charge in [-0.25, -0.2) is 0 Å².